The van der Waals surface area contributed by atoms with E-state index >= 15 is 0 Å². The highest BCUT2D eigenvalue weighted by molar-refractivity contribution is 5.45. The van der Waals surface area contributed by atoms with E-state index in [1.165, 1.54) is 16.7 Å². The van der Waals surface area contributed by atoms with E-state index in [0.717, 1.165) is 12.2 Å². The highest BCUT2D eigenvalue weighted by atomic mass is 16.5. The van der Waals surface area contributed by atoms with Crippen LogP contribution in [-0.2, 0) is 17.8 Å². The Morgan fingerprint density at radius 2 is 2.07 bits per heavy atom. The molecule has 1 aromatic carbocycles. The van der Waals surface area contributed by atoms with E-state index in [1.54, 1.807) is 7.11 Å². The molecule has 2 heteroatoms. The minimum absolute atomic E-state index is 0.0515. The maximum Gasteiger partial charge on any atom is 0.122 e. The molecule has 2 rings (SSSR count). The number of hydrogen-bond donors (Lipinski definition) is 0. The fourth-order valence-corrected chi connectivity index (χ4v) is 2.14. The second kappa shape index (κ2) is 3.53. The maximum atomic E-state index is 5.78. The van der Waals surface area contributed by atoms with Crippen molar-refractivity contribution in [2.75, 3.05) is 7.11 Å². The highest BCUT2D eigenvalue weighted by Gasteiger charge is 2.27. The molecule has 0 N–H and O–H groups in total. The quantitative estimate of drug-likeness (QED) is 0.703. The van der Waals surface area contributed by atoms with Gasteiger partial charge in [0.25, 0.3) is 0 Å². The third kappa shape index (κ3) is 1.86. The van der Waals surface area contributed by atoms with E-state index in [9.17, 15) is 0 Å². The van der Waals surface area contributed by atoms with Crippen molar-refractivity contribution in [3.63, 3.8) is 0 Å². The van der Waals surface area contributed by atoms with Gasteiger partial charge in [0, 0.05) is 6.42 Å². The number of rotatable bonds is 1. The Kier molecular flexibility index (Phi) is 2.47. The Hall–Kier alpha value is -1.02. The summed E-state index contributed by atoms with van der Waals surface area (Å²) in [5.74, 6) is 0.978. The SMILES string of the molecule is COc1ccc2c(c1C)CC(C)(C)OC2. The molecular formula is C13H18O2. The number of ether oxygens (including phenoxy) is 2. The highest BCUT2D eigenvalue weighted by Crippen LogP contribution is 2.33. The zero-order valence-corrected chi connectivity index (χ0v) is 9.89. The fraction of sp³-hybridized carbons (Fsp3) is 0.538. The minimum atomic E-state index is -0.0515. The summed E-state index contributed by atoms with van der Waals surface area (Å²) in [6.07, 6.45) is 0.964. The van der Waals surface area contributed by atoms with E-state index in [1.807, 2.05) is 6.07 Å². The molecule has 0 unspecified atom stereocenters. The first-order valence-electron chi connectivity index (χ1n) is 5.33. The molecule has 0 atom stereocenters. The van der Waals surface area contributed by atoms with Crippen molar-refractivity contribution >= 4 is 0 Å². The Labute approximate surface area is 91.2 Å². The second-order valence-corrected chi connectivity index (χ2v) is 4.76. The number of benzene rings is 1. The molecule has 0 saturated carbocycles. The Balaban J connectivity index is 2.47. The molecule has 0 spiro atoms. The lowest BCUT2D eigenvalue weighted by Gasteiger charge is -2.33. The van der Waals surface area contributed by atoms with E-state index in [4.69, 9.17) is 9.47 Å². The van der Waals surface area contributed by atoms with Crippen LogP contribution in [-0.4, -0.2) is 12.7 Å². The molecule has 1 aliphatic heterocycles. The van der Waals surface area contributed by atoms with Gasteiger partial charge in [0.1, 0.15) is 5.75 Å². The predicted octanol–water partition coefficient (Wildman–Crippen LogP) is 2.85. The zero-order chi connectivity index (χ0) is 11.1. The zero-order valence-electron chi connectivity index (χ0n) is 9.89. The van der Waals surface area contributed by atoms with Gasteiger partial charge in [0.2, 0.25) is 0 Å². The van der Waals surface area contributed by atoms with Gasteiger partial charge in [-0.15, -0.1) is 0 Å². The molecule has 0 fully saturated rings. The number of hydrogen-bond acceptors (Lipinski definition) is 2. The van der Waals surface area contributed by atoms with Crippen LogP contribution in [0.5, 0.6) is 5.75 Å². The number of methoxy groups -OCH3 is 1. The van der Waals surface area contributed by atoms with Crippen molar-refractivity contribution < 1.29 is 9.47 Å². The standard InChI is InChI=1S/C13H18O2/c1-9-11-7-13(2,3)15-8-10(11)5-6-12(9)14-4/h5-6H,7-8H2,1-4H3. The smallest absolute Gasteiger partial charge is 0.122 e. The van der Waals surface area contributed by atoms with Gasteiger partial charge >= 0.3 is 0 Å². The van der Waals surface area contributed by atoms with Gasteiger partial charge in [-0.2, -0.15) is 0 Å². The van der Waals surface area contributed by atoms with Gasteiger partial charge in [-0.3, -0.25) is 0 Å². The molecule has 82 valence electrons. The maximum absolute atomic E-state index is 5.78. The van der Waals surface area contributed by atoms with E-state index in [2.05, 4.69) is 26.8 Å². The van der Waals surface area contributed by atoms with Gasteiger partial charge in [0.05, 0.1) is 19.3 Å². The van der Waals surface area contributed by atoms with Crippen molar-refractivity contribution in [2.24, 2.45) is 0 Å². The normalized spacial score (nSPS) is 18.4. The third-order valence-electron chi connectivity index (χ3n) is 3.09. The van der Waals surface area contributed by atoms with Crippen LogP contribution in [0.2, 0.25) is 0 Å². The molecule has 0 aliphatic carbocycles. The largest absolute Gasteiger partial charge is 0.496 e. The van der Waals surface area contributed by atoms with Crippen LogP contribution in [0.1, 0.15) is 30.5 Å². The van der Waals surface area contributed by atoms with Gasteiger partial charge in [-0.1, -0.05) is 6.07 Å². The van der Waals surface area contributed by atoms with Crippen LogP contribution >= 0.6 is 0 Å². The average Bonchev–Trinajstić information content (AvgIpc) is 2.19. The van der Waals surface area contributed by atoms with Crippen molar-refractivity contribution in [2.45, 2.75) is 39.4 Å². The molecule has 0 radical (unpaired) electrons. The summed E-state index contributed by atoms with van der Waals surface area (Å²) in [5, 5.41) is 0. The molecule has 0 aromatic heterocycles. The molecular weight excluding hydrogens is 188 g/mol. The van der Waals surface area contributed by atoms with Crippen molar-refractivity contribution in [3.05, 3.63) is 28.8 Å². The Morgan fingerprint density at radius 3 is 2.73 bits per heavy atom. The molecule has 0 amide bonds. The first-order chi connectivity index (χ1) is 7.03. The summed E-state index contributed by atoms with van der Waals surface area (Å²) in [7, 11) is 1.72. The van der Waals surface area contributed by atoms with Crippen molar-refractivity contribution in [1.82, 2.24) is 0 Å². The molecule has 2 nitrogen and oxygen atoms in total. The summed E-state index contributed by atoms with van der Waals surface area (Å²) >= 11 is 0. The summed E-state index contributed by atoms with van der Waals surface area (Å²) in [6, 6.07) is 4.13. The molecule has 0 bridgehead atoms. The average molecular weight is 206 g/mol. The predicted molar refractivity (Wildman–Crippen MR) is 60.3 cm³/mol. The van der Waals surface area contributed by atoms with Crippen LogP contribution < -0.4 is 4.74 Å². The summed E-state index contributed by atoms with van der Waals surface area (Å²) < 4.78 is 11.1. The Morgan fingerprint density at radius 1 is 1.33 bits per heavy atom. The van der Waals surface area contributed by atoms with Gasteiger partial charge < -0.3 is 9.47 Å². The fourth-order valence-electron chi connectivity index (χ4n) is 2.14. The minimum Gasteiger partial charge on any atom is -0.496 e. The van der Waals surface area contributed by atoms with Crippen LogP contribution in [0.4, 0.5) is 0 Å². The van der Waals surface area contributed by atoms with Gasteiger partial charge in [-0.05, 0) is 43.5 Å². The van der Waals surface area contributed by atoms with Crippen LogP contribution in [0, 0.1) is 6.92 Å². The summed E-state index contributed by atoms with van der Waals surface area (Å²) in [4.78, 5) is 0. The Bertz CT molecular complexity index is 380. The summed E-state index contributed by atoms with van der Waals surface area (Å²) in [6.45, 7) is 7.11. The third-order valence-corrected chi connectivity index (χ3v) is 3.09. The first kappa shape index (κ1) is 10.5. The monoisotopic (exact) mass is 206 g/mol. The van der Waals surface area contributed by atoms with Gasteiger partial charge in [-0.25, -0.2) is 0 Å². The first-order valence-corrected chi connectivity index (χ1v) is 5.33. The molecule has 1 aliphatic rings. The van der Waals surface area contributed by atoms with Crippen molar-refractivity contribution in [1.29, 1.82) is 0 Å². The lowest BCUT2D eigenvalue weighted by molar-refractivity contribution is -0.0403. The molecule has 1 aromatic rings. The van der Waals surface area contributed by atoms with Crippen LogP contribution in [0.15, 0.2) is 12.1 Å². The molecule has 1 heterocycles. The lowest BCUT2D eigenvalue weighted by atomic mass is 9.88. The lowest BCUT2D eigenvalue weighted by Crippen LogP contribution is -2.32. The summed E-state index contributed by atoms with van der Waals surface area (Å²) in [5.41, 5.74) is 3.90. The van der Waals surface area contributed by atoms with E-state index in [-0.39, 0.29) is 5.60 Å². The second-order valence-electron chi connectivity index (χ2n) is 4.76. The topological polar surface area (TPSA) is 18.5 Å². The molecule has 0 saturated heterocycles. The molecule has 15 heavy (non-hydrogen) atoms. The van der Waals surface area contributed by atoms with Crippen LogP contribution in [0.25, 0.3) is 0 Å². The van der Waals surface area contributed by atoms with Crippen LogP contribution in [0.3, 0.4) is 0 Å². The number of fused-ring (bicyclic) bond motifs is 1. The van der Waals surface area contributed by atoms with Gasteiger partial charge in [0.15, 0.2) is 0 Å². The van der Waals surface area contributed by atoms with E-state index in [0.29, 0.717) is 6.61 Å². The van der Waals surface area contributed by atoms with Crippen molar-refractivity contribution in [3.8, 4) is 5.75 Å². The van der Waals surface area contributed by atoms with E-state index < -0.39 is 0 Å².